The number of benzene rings is 1. The second kappa shape index (κ2) is 4.94. The first kappa shape index (κ1) is 13.4. The molecule has 1 fully saturated rings. The Labute approximate surface area is 106 Å². The fourth-order valence-corrected chi connectivity index (χ4v) is 2.50. The summed E-state index contributed by atoms with van der Waals surface area (Å²) in [6.07, 6.45) is 1.03. The van der Waals surface area contributed by atoms with Crippen molar-refractivity contribution in [3.63, 3.8) is 0 Å². The minimum Gasteiger partial charge on any atom is -0.385 e. The molecule has 0 radical (unpaired) electrons. The molecule has 2 unspecified atom stereocenters. The van der Waals surface area contributed by atoms with Crippen LogP contribution in [0.3, 0.4) is 0 Å². The highest BCUT2D eigenvalue weighted by Crippen LogP contribution is 2.38. The van der Waals surface area contributed by atoms with Crippen molar-refractivity contribution in [3.8, 4) is 0 Å². The lowest BCUT2D eigenvalue weighted by molar-refractivity contribution is -0.111. The standard InChI is InChI=1S/C14H18F2O2/c1-3-10-8-14(17,6-7-18-10)12-11(15)5-4-9(2)13(12)16/h4-5,10,17H,3,6-8H2,1-2H3. The predicted octanol–water partition coefficient (Wildman–Crippen LogP) is 3.05. The summed E-state index contributed by atoms with van der Waals surface area (Å²) >= 11 is 0. The van der Waals surface area contributed by atoms with Crippen molar-refractivity contribution in [2.24, 2.45) is 0 Å². The van der Waals surface area contributed by atoms with Gasteiger partial charge in [0.1, 0.15) is 11.6 Å². The Balaban J connectivity index is 2.43. The Bertz CT molecular complexity index is 448. The molecule has 0 saturated carbocycles. The van der Waals surface area contributed by atoms with E-state index in [4.69, 9.17) is 4.74 Å². The summed E-state index contributed by atoms with van der Waals surface area (Å²) < 4.78 is 33.4. The van der Waals surface area contributed by atoms with Gasteiger partial charge in [0.05, 0.1) is 23.9 Å². The van der Waals surface area contributed by atoms with E-state index in [0.717, 1.165) is 6.42 Å². The molecule has 4 heteroatoms. The Morgan fingerprint density at radius 1 is 1.44 bits per heavy atom. The minimum absolute atomic E-state index is 0.150. The highest BCUT2D eigenvalue weighted by Gasteiger charge is 2.40. The third-order valence-corrected chi connectivity index (χ3v) is 3.64. The highest BCUT2D eigenvalue weighted by molar-refractivity contribution is 5.32. The number of aliphatic hydroxyl groups is 1. The molecule has 1 saturated heterocycles. The number of halogens is 2. The summed E-state index contributed by atoms with van der Waals surface area (Å²) in [7, 11) is 0. The van der Waals surface area contributed by atoms with Crippen LogP contribution in [0.2, 0.25) is 0 Å². The average molecular weight is 256 g/mol. The fourth-order valence-electron chi connectivity index (χ4n) is 2.50. The Kier molecular flexibility index (Phi) is 3.69. The normalized spacial score (nSPS) is 28.4. The minimum atomic E-state index is -1.46. The molecule has 1 N–H and O–H groups in total. The molecule has 2 rings (SSSR count). The van der Waals surface area contributed by atoms with Crippen LogP contribution in [-0.2, 0) is 10.3 Å². The third-order valence-electron chi connectivity index (χ3n) is 3.64. The molecular formula is C14H18F2O2. The topological polar surface area (TPSA) is 29.5 Å². The number of hydrogen-bond acceptors (Lipinski definition) is 2. The van der Waals surface area contributed by atoms with Crippen LogP contribution in [0.25, 0.3) is 0 Å². The number of aryl methyl sites for hydroxylation is 1. The van der Waals surface area contributed by atoms with Crippen molar-refractivity contribution < 1.29 is 18.6 Å². The lowest BCUT2D eigenvalue weighted by Gasteiger charge is -2.37. The van der Waals surface area contributed by atoms with Gasteiger partial charge in [-0.15, -0.1) is 0 Å². The maximum Gasteiger partial charge on any atom is 0.135 e. The van der Waals surface area contributed by atoms with Gasteiger partial charge in [-0.1, -0.05) is 13.0 Å². The van der Waals surface area contributed by atoms with Crippen molar-refractivity contribution in [1.82, 2.24) is 0 Å². The Morgan fingerprint density at radius 3 is 2.83 bits per heavy atom. The van der Waals surface area contributed by atoms with Crippen molar-refractivity contribution in [1.29, 1.82) is 0 Å². The molecule has 0 amide bonds. The van der Waals surface area contributed by atoms with Gasteiger partial charge in [-0.05, 0) is 25.0 Å². The van der Waals surface area contributed by atoms with E-state index in [1.165, 1.54) is 12.1 Å². The van der Waals surface area contributed by atoms with Gasteiger partial charge < -0.3 is 9.84 Å². The third kappa shape index (κ3) is 2.27. The zero-order valence-corrected chi connectivity index (χ0v) is 10.7. The van der Waals surface area contributed by atoms with Crippen LogP contribution in [0.1, 0.15) is 37.3 Å². The van der Waals surface area contributed by atoms with Crippen molar-refractivity contribution in [2.75, 3.05) is 6.61 Å². The maximum atomic E-state index is 14.1. The molecule has 1 heterocycles. The van der Waals surface area contributed by atoms with E-state index in [9.17, 15) is 13.9 Å². The van der Waals surface area contributed by atoms with E-state index in [1.54, 1.807) is 6.92 Å². The van der Waals surface area contributed by atoms with Gasteiger partial charge in [0.25, 0.3) is 0 Å². The SMILES string of the molecule is CCC1CC(O)(c2c(F)ccc(C)c2F)CCO1. The van der Waals surface area contributed by atoms with Gasteiger partial charge in [-0.25, -0.2) is 8.78 Å². The molecule has 0 spiro atoms. The van der Waals surface area contributed by atoms with E-state index in [-0.39, 0.29) is 24.5 Å². The van der Waals surface area contributed by atoms with Crippen LogP contribution in [0.4, 0.5) is 8.78 Å². The molecule has 18 heavy (non-hydrogen) atoms. The van der Waals surface area contributed by atoms with Gasteiger partial charge in [0.15, 0.2) is 0 Å². The summed E-state index contributed by atoms with van der Waals surface area (Å²) in [5, 5.41) is 10.6. The summed E-state index contributed by atoms with van der Waals surface area (Å²) in [5.41, 5.74) is -1.32. The van der Waals surface area contributed by atoms with Crippen LogP contribution < -0.4 is 0 Å². The largest absolute Gasteiger partial charge is 0.385 e. The summed E-state index contributed by atoms with van der Waals surface area (Å²) in [4.78, 5) is 0. The number of rotatable bonds is 2. The fraction of sp³-hybridized carbons (Fsp3) is 0.571. The van der Waals surface area contributed by atoms with E-state index >= 15 is 0 Å². The van der Waals surface area contributed by atoms with Gasteiger partial charge in [-0.3, -0.25) is 0 Å². The lowest BCUT2D eigenvalue weighted by atomic mass is 9.82. The van der Waals surface area contributed by atoms with Crippen molar-refractivity contribution >= 4 is 0 Å². The van der Waals surface area contributed by atoms with E-state index < -0.39 is 17.2 Å². The molecule has 0 bridgehead atoms. The molecule has 1 aromatic carbocycles. The lowest BCUT2D eigenvalue weighted by Crippen LogP contribution is -2.39. The first-order valence-electron chi connectivity index (χ1n) is 6.27. The Morgan fingerprint density at radius 2 is 2.17 bits per heavy atom. The van der Waals surface area contributed by atoms with E-state index in [1.807, 2.05) is 6.92 Å². The zero-order chi connectivity index (χ0) is 13.3. The zero-order valence-electron chi connectivity index (χ0n) is 10.7. The first-order chi connectivity index (χ1) is 8.48. The highest BCUT2D eigenvalue weighted by atomic mass is 19.1. The smallest absolute Gasteiger partial charge is 0.135 e. The van der Waals surface area contributed by atoms with Crippen LogP contribution in [-0.4, -0.2) is 17.8 Å². The maximum absolute atomic E-state index is 14.1. The second-order valence-corrected chi connectivity index (χ2v) is 4.94. The molecule has 0 aliphatic carbocycles. The molecule has 2 nitrogen and oxygen atoms in total. The summed E-state index contributed by atoms with van der Waals surface area (Å²) in [6.45, 7) is 3.82. The molecule has 1 aromatic rings. The number of hydrogen-bond donors (Lipinski definition) is 1. The van der Waals surface area contributed by atoms with Crippen molar-refractivity contribution in [3.05, 3.63) is 34.9 Å². The van der Waals surface area contributed by atoms with Gasteiger partial charge in [0.2, 0.25) is 0 Å². The van der Waals surface area contributed by atoms with Crippen LogP contribution in [0.15, 0.2) is 12.1 Å². The average Bonchev–Trinajstić information content (AvgIpc) is 2.34. The summed E-state index contributed by atoms with van der Waals surface area (Å²) in [5.74, 6) is -1.33. The van der Waals surface area contributed by atoms with Gasteiger partial charge in [0, 0.05) is 12.8 Å². The molecule has 1 aliphatic heterocycles. The van der Waals surface area contributed by atoms with Crippen molar-refractivity contribution in [2.45, 2.75) is 44.8 Å². The van der Waals surface area contributed by atoms with Crippen LogP contribution in [0.5, 0.6) is 0 Å². The second-order valence-electron chi connectivity index (χ2n) is 4.94. The summed E-state index contributed by atoms with van der Waals surface area (Å²) in [6, 6.07) is 2.59. The molecule has 2 atom stereocenters. The van der Waals surface area contributed by atoms with Crippen LogP contribution >= 0.6 is 0 Å². The first-order valence-corrected chi connectivity index (χ1v) is 6.27. The van der Waals surface area contributed by atoms with Crippen LogP contribution in [0, 0.1) is 18.6 Å². The molecule has 100 valence electrons. The molecule has 1 aliphatic rings. The van der Waals surface area contributed by atoms with E-state index in [2.05, 4.69) is 0 Å². The quantitative estimate of drug-likeness (QED) is 0.881. The molecular weight excluding hydrogens is 238 g/mol. The van der Waals surface area contributed by atoms with E-state index in [0.29, 0.717) is 12.2 Å². The Hall–Kier alpha value is -1.00. The monoisotopic (exact) mass is 256 g/mol. The number of ether oxygens (including phenoxy) is 1. The van der Waals surface area contributed by atoms with Gasteiger partial charge >= 0.3 is 0 Å². The van der Waals surface area contributed by atoms with Gasteiger partial charge in [-0.2, -0.15) is 0 Å². The predicted molar refractivity (Wildman–Crippen MR) is 64.3 cm³/mol. The molecule has 0 aromatic heterocycles.